The van der Waals surface area contributed by atoms with Crippen LogP contribution in [0.25, 0.3) is 11.1 Å². The largest absolute Gasteiger partial charge is 0.769 e. The smallest absolute Gasteiger partial charge is 0.407 e. The summed E-state index contributed by atoms with van der Waals surface area (Å²) >= 11 is 0. The second kappa shape index (κ2) is 11.1. The van der Waals surface area contributed by atoms with E-state index in [1.807, 2.05) is 48.5 Å². The van der Waals surface area contributed by atoms with E-state index >= 15 is 0 Å². The van der Waals surface area contributed by atoms with Crippen LogP contribution in [0.1, 0.15) is 23.5 Å². The highest BCUT2D eigenvalue weighted by atomic mass is 16.8. The molecule has 0 radical (unpaired) electrons. The van der Waals surface area contributed by atoms with Gasteiger partial charge in [0, 0.05) is 18.2 Å². The van der Waals surface area contributed by atoms with E-state index in [4.69, 9.17) is 4.74 Å². The zero-order chi connectivity index (χ0) is 26.5. The van der Waals surface area contributed by atoms with Crippen molar-refractivity contribution >= 4 is 29.1 Å². The van der Waals surface area contributed by atoms with E-state index in [1.54, 1.807) is 0 Å². The molecule has 12 heteroatoms. The first-order valence-electron chi connectivity index (χ1n) is 11.3. The van der Waals surface area contributed by atoms with Gasteiger partial charge in [-0.1, -0.05) is 48.5 Å². The standard InChI is InChI=1S/C25H24N4O8/c30-24(31)22(11-12-26-21-10-9-15(28(33)34)13-23(21)29(35)36)27-25(32)37-14-20-18-7-3-1-5-16(18)17-6-2-4-8-19(17)20/h1-10,13,20,22,26,35-36H,11-12,14H2,(H,27,32)(H,30,31)/q-2/t22-/m1/s1. The number of rotatable bonds is 10. The van der Waals surface area contributed by atoms with Crippen LogP contribution in [0, 0.1) is 10.4 Å². The molecule has 4 rings (SSSR count). The van der Waals surface area contributed by atoms with Gasteiger partial charge >= 0.3 is 12.1 Å². The number of fused-ring (bicyclic) bond motifs is 3. The summed E-state index contributed by atoms with van der Waals surface area (Å²) in [5.41, 5.74) is 3.63. The maximum atomic E-state index is 12.5. The van der Waals surface area contributed by atoms with Crippen LogP contribution in [0.4, 0.5) is 21.9 Å². The number of carboxylic acids is 1. The second-order valence-corrected chi connectivity index (χ2v) is 8.32. The molecule has 0 fully saturated rings. The molecule has 0 aromatic heterocycles. The number of carbonyl (C=O) groups is 2. The minimum atomic E-state index is -1.30. The number of carboxylic acid groups (broad SMARTS) is 1. The quantitative estimate of drug-likeness (QED) is 0.251. The third-order valence-corrected chi connectivity index (χ3v) is 6.09. The number of ether oxygens (including phenoxy) is 1. The number of anilines is 3. The van der Waals surface area contributed by atoms with Gasteiger partial charge in [0.15, 0.2) is 0 Å². The number of aliphatic carboxylic acids is 1. The van der Waals surface area contributed by atoms with E-state index in [0.717, 1.165) is 34.4 Å². The maximum Gasteiger partial charge on any atom is 0.407 e. The van der Waals surface area contributed by atoms with Crippen LogP contribution in [0.5, 0.6) is 0 Å². The summed E-state index contributed by atoms with van der Waals surface area (Å²) in [7, 11) is 0. The van der Waals surface area contributed by atoms with Crippen molar-refractivity contribution in [3.8, 4) is 11.1 Å². The Morgan fingerprint density at radius 1 is 0.973 bits per heavy atom. The molecule has 0 heterocycles. The highest BCUT2D eigenvalue weighted by Gasteiger charge is 2.29. The van der Waals surface area contributed by atoms with Gasteiger partial charge in [-0.3, -0.25) is 10.4 Å². The number of benzene rings is 3. The van der Waals surface area contributed by atoms with Crippen LogP contribution in [-0.4, -0.2) is 46.8 Å². The average molecular weight is 508 g/mol. The summed E-state index contributed by atoms with van der Waals surface area (Å²) < 4.78 is 5.40. The van der Waals surface area contributed by atoms with E-state index < -0.39 is 23.3 Å². The highest BCUT2D eigenvalue weighted by Crippen LogP contribution is 2.44. The predicted molar refractivity (Wildman–Crippen MR) is 134 cm³/mol. The van der Waals surface area contributed by atoms with Crippen LogP contribution in [0.3, 0.4) is 0 Å². The molecule has 0 saturated carbocycles. The minimum Gasteiger partial charge on any atom is -0.769 e. The second-order valence-electron chi connectivity index (χ2n) is 8.32. The van der Waals surface area contributed by atoms with Crippen molar-refractivity contribution in [2.45, 2.75) is 18.4 Å². The lowest BCUT2D eigenvalue weighted by Gasteiger charge is -2.38. The summed E-state index contributed by atoms with van der Waals surface area (Å²) in [6, 6.07) is 17.7. The lowest BCUT2D eigenvalue weighted by Crippen LogP contribution is -2.42. The van der Waals surface area contributed by atoms with E-state index in [9.17, 15) is 35.5 Å². The Bertz CT molecular complexity index is 1240. The van der Waals surface area contributed by atoms with Crippen LogP contribution in [0.2, 0.25) is 0 Å². The first-order chi connectivity index (χ1) is 17.8. The highest BCUT2D eigenvalue weighted by molar-refractivity contribution is 5.81. The van der Waals surface area contributed by atoms with Gasteiger partial charge in [0.05, 0.1) is 5.69 Å². The van der Waals surface area contributed by atoms with Crippen LogP contribution >= 0.6 is 0 Å². The van der Waals surface area contributed by atoms with Crippen molar-refractivity contribution in [3.05, 3.63) is 88.3 Å². The lowest BCUT2D eigenvalue weighted by atomic mass is 9.98. The van der Waals surface area contributed by atoms with Gasteiger partial charge in [-0.15, -0.1) is 5.23 Å². The normalized spacial score (nSPS) is 12.8. The summed E-state index contributed by atoms with van der Waals surface area (Å²) in [4.78, 5) is 24.2. The van der Waals surface area contributed by atoms with Gasteiger partial charge in [-0.05, 0) is 46.9 Å². The Kier molecular flexibility index (Phi) is 7.74. The molecule has 1 atom stereocenters. The van der Waals surface area contributed by atoms with Crippen LogP contribution in [-0.2, 0) is 9.53 Å². The van der Waals surface area contributed by atoms with Crippen LogP contribution in [0.15, 0.2) is 66.7 Å². The third-order valence-electron chi connectivity index (χ3n) is 6.09. The Labute approximate surface area is 211 Å². The van der Waals surface area contributed by atoms with Gasteiger partial charge in [0.25, 0.3) is 0 Å². The van der Waals surface area contributed by atoms with Crippen LogP contribution < -0.4 is 21.1 Å². The summed E-state index contributed by atoms with van der Waals surface area (Å²) in [6.45, 7) is 0.0126. The monoisotopic (exact) mass is 508 g/mol. The Balaban J connectivity index is 1.35. The van der Waals surface area contributed by atoms with Crippen molar-refractivity contribution in [1.29, 1.82) is 0 Å². The first-order valence-corrected chi connectivity index (χ1v) is 11.3. The summed E-state index contributed by atoms with van der Waals surface area (Å²) in [5, 5.41) is 54.2. The van der Waals surface area contributed by atoms with Gasteiger partial charge < -0.3 is 36.1 Å². The molecule has 0 bridgehead atoms. The molecule has 0 spiro atoms. The van der Waals surface area contributed by atoms with Gasteiger partial charge in [-0.2, -0.15) is 0 Å². The minimum absolute atomic E-state index is 0.0146. The number of amides is 1. The van der Waals surface area contributed by atoms with Gasteiger partial charge in [-0.25, -0.2) is 9.59 Å². The summed E-state index contributed by atoms with van der Waals surface area (Å²) in [6.07, 6.45) is -0.977. The molecule has 0 unspecified atom stereocenters. The van der Waals surface area contributed by atoms with Crippen molar-refractivity contribution in [2.24, 2.45) is 0 Å². The molecule has 1 amide bonds. The SMILES string of the molecule is O=C(N[C@H](CCNc1ccc(N([O-])[O-])cc1N(O)O)C(=O)O)OCC1c2ccccc2-c2ccccc21. The number of nitrogens with zero attached hydrogens (tertiary/aromatic N) is 2. The predicted octanol–water partition coefficient (Wildman–Crippen LogP) is 3.87. The van der Waals surface area contributed by atoms with Gasteiger partial charge in [0.2, 0.25) is 0 Å². The molecule has 0 saturated heterocycles. The molecule has 5 N–H and O–H groups in total. The summed E-state index contributed by atoms with van der Waals surface area (Å²) in [5.74, 6) is -1.46. The molecule has 1 aliphatic rings. The molecule has 1 aliphatic carbocycles. The molecular weight excluding hydrogens is 484 g/mol. The average Bonchev–Trinajstić information content (AvgIpc) is 3.20. The molecular formula is C25H24N4O8-2. The molecule has 3 aromatic rings. The maximum absolute atomic E-state index is 12.5. The van der Waals surface area contributed by atoms with E-state index in [1.165, 1.54) is 6.07 Å². The molecule has 12 nitrogen and oxygen atoms in total. The molecule has 3 aromatic carbocycles. The topological polar surface area (TPSA) is 181 Å². The fourth-order valence-electron chi connectivity index (χ4n) is 4.34. The third kappa shape index (κ3) is 5.73. The van der Waals surface area contributed by atoms with Gasteiger partial charge in [0.1, 0.15) is 18.3 Å². The zero-order valence-electron chi connectivity index (χ0n) is 19.4. The Morgan fingerprint density at radius 3 is 2.16 bits per heavy atom. The number of alkyl carbamates (subject to hydrolysis) is 1. The first kappa shape index (κ1) is 25.7. The van der Waals surface area contributed by atoms with Crippen molar-refractivity contribution in [1.82, 2.24) is 5.32 Å². The fraction of sp³-hybridized carbons (Fsp3) is 0.200. The number of hydrogen-bond acceptors (Lipinski definition) is 10. The number of hydrogen-bond donors (Lipinski definition) is 5. The van der Waals surface area contributed by atoms with E-state index in [0.29, 0.717) is 0 Å². The Hall–Kier alpha value is -4.36. The number of carbonyl (C=O) groups excluding carboxylic acids is 1. The molecule has 37 heavy (non-hydrogen) atoms. The number of nitrogens with one attached hydrogen (secondary N) is 2. The zero-order valence-corrected chi connectivity index (χ0v) is 19.4. The molecule has 194 valence electrons. The van der Waals surface area contributed by atoms with Crippen molar-refractivity contribution in [3.63, 3.8) is 0 Å². The van der Waals surface area contributed by atoms with E-state index in [-0.39, 0.29) is 47.8 Å². The Morgan fingerprint density at radius 2 is 1.59 bits per heavy atom. The van der Waals surface area contributed by atoms with E-state index in [2.05, 4.69) is 10.6 Å². The fourth-order valence-corrected chi connectivity index (χ4v) is 4.34. The molecule has 0 aliphatic heterocycles. The van der Waals surface area contributed by atoms with Crippen molar-refractivity contribution in [2.75, 3.05) is 28.9 Å². The lowest BCUT2D eigenvalue weighted by molar-refractivity contribution is -0.139. The van der Waals surface area contributed by atoms with Crippen molar-refractivity contribution < 1.29 is 29.8 Å².